The van der Waals surface area contributed by atoms with Crippen molar-refractivity contribution in [3.63, 3.8) is 0 Å². The van der Waals surface area contributed by atoms with Crippen LogP contribution in [-0.4, -0.2) is 0 Å². The van der Waals surface area contributed by atoms with Crippen molar-refractivity contribution in [1.82, 2.24) is 0 Å². The standard InChI is InChI=1S/C18H10F2S3/c1-7-3-9-13(5-11(7)19)21-17-15(9)23-16-10-4-8(2)12(20)6-14(10)22-18(16)17/h3-6H,1-2H3. The Morgan fingerprint density at radius 2 is 1.04 bits per heavy atom. The van der Waals surface area contributed by atoms with Crippen LogP contribution in [0.3, 0.4) is 0 Å². The summed E-state index contributed by atoms with van der Waals surface area (Å²) in [5.41, 5.74) is 1.36. The Bertz CT molecular complexity index is 1160. The second-order valence-electron chi connectivity index (χ2n) is 5.82. The van der Waals surface area contributed by atoms with Gasteiger partial charge in [-0.1, -0.05) is 0 Å². The summed E-state index contributed by atoms with van der Waals surface area (Å²) in [7, 11) is 0. The fourth-order valence-electron chi connectivity index (χ4n) is 3.01. The molecule has 0 atom stereocenters. The SMILES string of the molecule is Cc1cc2c(cc1F)sc1c2sc2c3cc(C)c(F)cc3sc21. The average molecular weight is 360 g/mol. The Morgan fingerprint density at radius 3 is 1.48 bits per heavy atom. The molecular formula is C18H10F2S3. The van der Waals surface area contributed by atoms with E-state index in [1.807, 2.05) is 12.1 Å². The van der Waals surface area contributed by atoms with Crippen LogP contribution in [0.2, 0.25) is 0 Å². The average Bonchev–Trinajstić information content (AvgIpc) is 3.11. The first kappa shape index (κ1) is 13.8. The maximum Gasteiger partial charge on any atom is 0.127 e. The van der Waals surface area contributed by atoms with Crippen molar-refractivity contribution in [1.29, 1.82) is 0 Å². The third kappa shape index (κ3) is 1.78. The van der Waals surface area contributed by atoms with Crippen LogP contribution < -0.4 is 0 Å². The molecule has 0 amide bonds. The van der Waals surface area contributed by atoms with E-state index in [9.17, 15) is 8.78 Å². The Morgan fingerprint density at radius 1 is 0.609 bits per heavy atom. The summed E-state index contributed by atoms with van der Waals surface area (Å²) in [6.07, 6.45) is 0. The first-order valence-corrected chi connectivity index (χ1v) is 9.61. The van der Waals surface area contributed by atoms with Crippen molar-refractivity contribution in [3.8, 4) is 0 Å². The van der Waals surface area contributed by atoms with Crippen LogP contribution in [0.4, 0.5) is 8.78 Å². The molecule has 3 heterocycles. The molecule has 0 unspecified atom stereocenters. The summed E-state index contributed by atoms with van der Waals surface area (Å²) in [5.74, 6) is -0.312. The highest BCUT2D eigenvalue weighted by molar-refractivity contribution is 7.43. The lowest BCUT2D eigenvalue weighted by atomic mass is 10.1. The summed E-state index contributed by atoms with van der Waals surface area (Å²) in [6.45, 7) is 3.60. The predicted molar refractivity (Wildman–Crippen MR) is 99.5 cm³/mol. The molecule has 0 aliphatic rings. The number of hydrogen-bond acceptors (Lipinski definition) is 3. The van der Waals surface area contributed by atoms with E-state index in [0.29, 0.717) is 11.1 Å². The molecule has 0 aliphatic carbocycles. The molecular weight excluding hydrogens is 350 g/mol. The first-order chi connectivity index (χ1) is 11.0. The largest absolute Gasteiger partial charge is 0.207 e. The Balaban J connectivity index is 1.98. The molecule has 5 heteroatoms. The van der Waals surface area contributed by atoms with Gasteiger partial charge < -0.3 is 0 Å². The zero-order valence-electron chi connectivity index (χ0n) is 12.3. The van der Waals surface area contributed by atoms with E-state index >= 15 is 0 Å². The maximum atomic E-state index is 13.8. The quantitative estimate of drug-likeness (QED) is 0.270. The van der Waals surface area contributed by atoms with Gasteiger partial charge in [-0.15, -0.1) is 34.0 Å². The minimum Gasteiger partial charge on any atom is -0.207 e. The second-order valence-corrected chi connectivity index (χ2v) is 8.94. The molecule has 114 valence electrons. The zero-order valence-corrected chi connectivity index (χ0v) is 14.7. The van der Waals surface area contributed by atoms with Crippen LogP contribution in [0.15, 0.2) is 24.3 Å². The minimum absolute atomic E-state index is 0.156. The van der Waals surface area contributed by atoms with Crippen molar-refractivity contribution in [2.24, 2.45) is 0 Å². The van der Waals surface area contributed by atoms with Gasteiger partial charge in [0.25, 0.3) is 0 Å². The molecule has 0 radical (unpaired) electrons. The minimum atomic E-state index is -0.156. The van der Waals surface area contributed by atoms with E-state index in [-0.39, 0.29) is 11.6 Å². The van der Waals surface area contributed by atoms with Crippen molar-refractivity contribution < 1.29 is 8.78 Å². The van der Waals surface area contributed by atoms with E-state index in [0.717, 1.165) is 20.2 Å². The van der Waals surface area contributed by atoms with Gasteiger partial charge in [-0.05, 0) is 49.2 Å². The van der Waals surface area contributed by atoms with E-state index in [4.69, 9.17) is 0 Å². The molecule has 0 N–H and O–H groups in total. The van der Waals surface area contributed by atoms with Crippen molar-refractivity contribution in [2.45, 2.75) is 13.8 Å². The number of fused-ring (bicyclic) bond motifs is 7. The summed E-state index contributed by atoms with van der Waals surface area (Å²) in [5, 5.41) is 2.26. The van der Waals surface area contributed by atoms with E-state index in [1.165, 1.54) is 18.8 Å². The van der Waals surface area contributed by atoms with Gasteiger partial charge in [0, 0.05) is 20.2 Å². The number of thiophene rings is 3. The van der Waals surface area contributed by atoms with E-state index < -0.39 is 0 Å². The first-order valence-electron chi connectivity index (χ1n) is 7.16. The second kappa shape index (κ2) is 4.50. The zero-order chi connectivity index (χ0) is 15.9. The molecule has 5 rings (SSSR count). The predicted octanol–water partition coefficient (Wildman–Crippen LogP) is 7.38. The highest BCUT2D eigenvalue weighted by Crippen LogP contribution is 2.50. The number of benzene rings is 2. The molecule has 0 bridgehead atoms. The fourth-order valence-corrected chi connectivity index (χ4v) is 7.27. The monoisotopic (exact) mass is 360 g/mol. The number of halogens is 2. The van der Waals surface area contributed by atoms with Gasteiger partial charge in [0.15, 0.2) is 0 Å². The van der Waals surface area contributed by atoms with E-state index in [1.54, 1.807) is 60.0 Å². The van der Waals surface area contributed by atoms with Crippen LogP contribution in [0.25, 0.3) is 39.0 Å². The lowest BCUT2D eigenvalue weighted by Crippen LogP contribution is -1.79. The third-order valence-corrected chi connectivity index (χ3v) is 8.24. The van der Waals surface area contributed by atoms with Crippen LogP contribution in [0.1, 0.15) is 11.1 Å². The topological polar surface area (TPSA) is 0 Å². The Hall–Kier alpha value is -1.56. The van der Waals surface area contributed by atoms with Gasteiger partial charge in [0.05, 0.1) is 18.8 Å². The summed E-state index contributed by atoms with van der Waals surface area (Å²) >= 11 is 5.00. The molecule has 0 saturated heterocycles. The molecule has 0 fully saturated rings. The van der Waals surface area contributed by atoms with Gasteiger partial charge in [-0.2, -0.15) is 0 Å². The van der Waals surface area contributed by atoms with Gasteiger partial charge in [0.2, 0.25) is 0 Å². The normalized spacial score (nSPS) is 12.3. The van der Waals surface area contributed by atoms with Crippen molar-refractivity contribution >= 4 is 73.0 Å². The molecule has 0 aliphatic heterocycles. The Kier molecular flexibility index (Phi) is 2.71. The summed E-state index contributed by atoms with van der Waals surface area (Å²) in [6, 6.07) is 7.14. The van der Waals surface area contributed by atoms with Crippen LogP contribution in [0.5, 0.6) is 0 Å². The van der Waals surface area contributed by atoms with Crippen molar-refractivity contribution in [2.75, 3.05) is 0 Å². The molecule has 0 spiro atoms. The number of aryl methyl sites for hydroxylation is 2. The molecule has 5 aromatic rings. The highest BCUT2D eigenvalue weighted by Gasteiger charge is 2.18. The smallest absolute Gasteiger partial charge is 0.127 e. The number of rotatable bonds is 0. The van der Waals surface area contributed by atoms with Crippen molar-refractivity contribution in [3.05, 3.63) is 47.0 Å². The van der Waals surface area contributed by atoms with Gasteiger partial charge in [-0.3, -0.25) is 0 Å². The summed E-state index contributed by atoms with van der Waals surface area (Å²) in [4.78, 5) is 0. The van der Waals surface area contributed by atoms with Gasteiger partial charge in [0.1, 0.15) is 11.6 Å². The molecule has 0 saturated carbocycles. The fraction of sp³-hybridized carbons (Fsp3) is 0.111. The number of hydrogen-bond donors (Lipinski definition) is 0. The van der Waals surface area contributed by atoms with Gasteiger partial charge >= 0.3 is 0 Å². The molecule has 3 aromatic heterocycles. The lowest BCUT2D eigenvalue weighted by molar-refractivity contribution is 0.620. The third-order valence-electron chi connectivity index (χ3n) is 4.26. The van der Waals surface area contributed by atoms with Crippen LogP contribution in [-0.2, 0) is 0 Å². The van der Waals surface area contributed by atoms with Crippen LogP contribution in [0, 0.1) is 25.5 Å². The lowest BCUT2D eigenvalue weighted by Gasteiger charge is -1.96. The molecule has 2 aromatic carbocycles. The Labute approximate surface area is 142 Å². The van der Waals surface area contributed by atoms with Crippen LogP contribution >= 0.6 is 34.0 Å². The molecule has 23 heavy (non-hydrogen) atoms. The maximum absolute atomic E-state index is 13.8. The summed E-state index contributed by atoms with van der Waals surface area (Å²) < 4.78 is 34.5. The highest BCUT2D eigenvalue weighted by atomic mass is 32.1. The molecule has 0 nitrogen and oxygen atoms in total. The van der Waals surface area contributed by atoms with E-state index in [2.05, 4.69) is 0 Å². The van der Waals surface area contributed by atoms with Gasteiger partial charge in [-0.25, -0.2) is 8.78 Å².